The van der Waals surface area contributed by atoms with E-state index in [1.807, 2.05) is 26.8 Å². The van der Waals surface area contributed by atoms with Gasteiger partial charge in [-0.15, -0.1) is 0 Å². The Morgan fingerprint density at radius 2 is 1.67 bits per heavy atom. The van der Waals surface area contributed by atoms with Crippen molar-refractivity contribution in [3.8, 4) is 0 Å². The minimum Gasteiger partial charge on any atom is -0.350 e. The summed E-state index contributed by atoms with van der Waals surface area (Å²) in [5.74, 6) is -0.265. The molecule has 2 aromatic rings. The maximum absolute atomic E-state index is 12.9. The van der Waals surface area contributed by atoms with E-state index < -0.39 is 10.0 Å². The molecule has 0 bridgehead atoms. The second kappa shape index (κ2) is 8.57. The standard InChI is InChI=1S/C21H28N2O3S/c1-6-7-17(5)22-21(24)18-9-8-16(4)20(13-18)27(25,26)23-19-11-14(2)10-15(3)12-19/h8-13,17,23H,6-7H2,1-5H3,(H,22,24)/t17-/m0/s1. The molecule has 0 aliphatic carbocycles. The van der Waals surface area contributed by atoms with Crippen molar-refractivity contribution in [2.24, 2.45) is 0 Å². The molecule has 0 radical (unpaired) electrons. The molecule has 6 heteroatoms. The lowest BCUT2D eigenvalue weighted by Crippen LogP contribution is -2.32. The van der Waals surface area contributed by atoms with Crippen LogP contribution in [0.2, 0.25) is 0 Å². The summed E-state index contributed by atoms with van der Waals surface area (Å²) < 4.78 is 28.4. The van der Waals surface area contributed by atoms with Crippen molar-refractivity contribution < 1.29 is 13.2 Å². The van der Waals surface area contributed by atoms with Crippen molar-refractivity contribution in [3.05, 3.63) is 58.7 Å². The van der Waals surface area contributed by atoms with Crippen LogP contribution in [0.15, 0.2) is 41.3 Å². The molecule has 2 N–H and O–H groups in total. The van der Waals surface area contributed by atoms with E-state index in [4.69, 9.17) is 0 Å². The lowest BCUT2D eigenvalue weighted by atomic mass is 10.1. The Hall–Kier alpha value is -2.34. The predicted octanol–water partition coefficient (Wildman–Crippen LogP) is 4.33. The number of sulfonamides is 1. The Balaban J connectivity index is 2.32. The SMILES string of the molecule is CCC[C@H](C)NC(=O)c1ccc(C)c(S(=O)(=O)Nc2cc(C)cc(C)c2)c1. The van der Waals surface area contributed by atoms with Gasteiger partial charge >= 0.3 is 0 Å². The monoisotopic (exact) mass is 388 g/mol. The van der Waals surface area contributed by atoms with Gasteiger partial charge in [-0.05, 0) is 75.1 Å². The number of nitrogens with one attached hydrogen (secondary N) is 2. The number of anilines is 1. The Morgan fingerprint density at radius 1 is 1.04 bits per heavy atom. The van der Waals surface area contributed by atoms with E-state index in [-0.39, 0.29) is 16.8 Å². The molecular weight excluding hydrogens is 360 g/mol. The van der Waals surface area contributed by atoms with E-state index in [2.05, 4.69) is 17.0 Å². The molecule has 146 valence electrons. The van der Waals surface area contributed by atoms with E-state index >= 15 is 0 Å². The number of aryl methyl sites for hydroxylation is 3. The molecule has 0 fully saturated rings. The summed E-state index contributed by atoms with van der Waals surface area (Å²) >= 11 is 0. The van der Waals surface area contributed by atoms with Crippen LogP contribution in [0.3, 0.4) is 0 Å². The molecule has 1 amide bonds. The Kier molecular flexibility index (Phi) is 6.65. The van der Waals surface area contributed by atoms with Crippen LogP contribution in [0.4, 0.5) is 5.69 Å². The Labute approximate surface area is 162 Å². The fourth-order valence-electron chi connectivity index (χ4n) is 3.09. The van der Waals surface area contributed by atoms with Crippen molar-refractivity contribution in [1.82, 2.24) is 5.32 Å². The average molecular weight is 389 g/mol. The molecule has 5 nitrogen and oxygen atoms in total. The third-order valence-electron chi connectivity index (χ3n) is 4.31. The van der Waals surface area contributed by atoms with Gasteiger partial charge in [0.2, 0.25) is 0 Å². The van der Waals surface area contributed by atoms with Gasteiger partial charge in [0.1, 0.15) is 0 Å². The van der Waals surface area contributed by atoms with Gasteiger partial charge in [0.25, 0.3) is 15.9 Å². The first kappa shape index (κ1) is 21.0. The van der Waals surface area contributed by atoms with Gasteiger partial charge in [-0.25, -0.2) is 8.42 Å². The van der Waals surface area contributed by atoms with Gasteiger partial charge < -0.3 is 5.32 Å². The molecule has 27 heavy (non-hydrogen) atoms. The minimum absolute atomic E-state index is 0.0391. The number of carbonyl (C=O) groups is 1. The first-order valence-corrected chi connectivity index (χ1v) is 10.6. The maximum atomic E-state index is 12.9. The maximum Gasteiger partial charge on any atom is 0.262 e. The highest BCUT2D eigenvalue weighted by Crippen LogP contribution is 2.22. The third-order valence-corrected chi connectivity index (χ3v) is 5.84. The van der Waals surface area contributed by atoms with E-state index in [0.717, 1.165) is 24.0 Å². The molecule has 0 saturated carbocycles. The molecule has 2 rings (SSSR count). The van der Waals surface area contributed by atoms with Crippen LogP contribution in [0.25, 0.3) is 0 Å². The molecule has 0 heterocycles. The zero-order chi connectivity index (χ0) is 20.2. The smallest absolute Gasteiger partial charge is 0.262 e. The summed E-state index contributed by atoms with van der Waals surface area (Å²) in [6.07, 6.45) is 1.84. The fourth-order valence-corrected chi connectivity index (χ4v) is 4.40. The molecular formula is C21H28N2O3S. The van der Waals surface area contributed by atoms with Crippen molar-refractivity contribution >= 4 is 21.6 Å². The van der Waals surface area contributed by atoms with Crippen LogP contribution in [0.1, 0.15) is 53.7 Å². The summed E-state index contributed by atoms with van der Waals surface area (Å²) in [4.78, 5) is 12.6. The Morgan fingerprint density at radius 3 is 2.26 bits per heavy atom. The van der Waals surface area contributed by atoms with Crippen LogP contribution in [0, 0.1) is 20.8 Å². The first-order valence-electron chi connectivity index (χ1n) is 9.15. The Bertz CT molecular complexity index is 916. The number of amides is 1. The van der Waals surface area contributed by atoms with Crippen molar-refractivity contribution in [1.29, 1.82) is 0 Å². The topological polar surface area (TPSA) is 75.3 Å². The summed E-state index contributed by atoms with van der Waals surface area (Å²) in [7, 11) is -3.80. The van der Waals surface area contributed by atoms with Gasteiger partial charge in [0, 0.05) is 17.3 Å². The predicted molar refractivity (Wildman–Crippen MR) is 110 cm³/mol. The average Bonchev–Trinajstić information content (AvgIpc) is 2.53. The lowest BCUT2D eigenvalue weighted by Gasteiger charge is -2.15. The largest absolute Gasteiger partial charge is 0.350 e. The van der Waals surface area contributed by atoms with Crippen molar-refractivity contribution in [2.45, 2.75) is 58.4 Å². The van der Waals surface area contributed by atoms with Gasteiger partial charge in [0.15, 0.2) is 0 Å². The van der Waals surface area contributed by atoms with Crippen LogP contribution < -0.4 is 10.0 Å². The highest BCUT2D eigenvalue weighted by atomic mass is 32.2. The van der Waals surface area contributed by atoms with Crippen LogP contribution in [-0.2, 0) is 10.0 Å². The number of benzene rings is 2. The quantitative estimate of drug-likeness (QED) is 0.741. The molecule has 1 atom stereocenters. The van der Waals surface area contributed by atoms with Gasteiger partial charge in [-0.2, -0.15) is 0 Å². The number of rotatable bonds is 7. The highest BCUT2D eigenvalue weighted by molar-refractivity contribution is 7.92. The highest BCUT2D eigenvalue weighted by Gasteiger charge is 2.20. The zero-order valence-electron chi connectivity index (χ0n) is 16.6. The first-order chi connectivity index (χ1) is 12.6. The van der Waals surface area contributed by atoms with Gasteiger partial charge in [0.05, 0.1) is 4.90 Å². The van der Waals surface area contributed by atoms with E-state index in [1.54, 1.807) is 31.2 Å². The zero-order valence-corrected chi connectivity index (χ0v) is 17.4. The number of hydrogen-bond donors (Lipinski definition) is 2. The molecule has 0 spiro atoms. The molecule has 0 unspecified atom stereocenters. The van der Waals surface area contributed by atoms with Gasteiger partial charge in [-0.1, -0.05) is 25.5 Å². The third kappa shape index (κ3) is 5.57. The van der Waals surface area contributed by atoms with Crippen LogP contribution >= 0.6 is 0 Å². The van der Waals surface area contributed by atoms with E-state index in [9.17, 15) is 13.2 Å². The summed E-state index contributed by atoms with van der Waals surface area (Å²) in [5.41, 5.74) is 3.39. The number of carbonyl (C=O) groups excluding carboxylic acids is 1. The summed E-state index contributed by atoms with van der Waals surface area (Å²) in [6.45, 7) is 9.54. The molecule has 0 aliphatic heterocycles. The molecule has 0 saturated heterocycles. The van der Waals surface area contributed by atoms with Gasteiger partial charge in [-0.3, -0.25) is 9.52 Å². The normalized spacial score (nSPS) is 12.5. The van der Waals surface area contributed by atoms with E-state index in [0.29, 0.717) is 16.8 Å². The second-order valence-electron chi connectivity index (χ2n) is 7.13. The summed E-state index contributed by atoms with van der Waals surface area (Å²) in [6, 6.07) is 10.3. The van der Waals surface area contributed by atoms with Crippen LogP contribution in [0.5, 0.6) is 0 Å². The number of hydrogen-bond acceptors (Lipinski definition) is 3. The lowest BCUT2D eigenvalue weighted by molar-refractivity contribution is 0.0938. The van der Waals surface area contributed by atoms with E-state index in [1.165, 1.54) is 6.07 Å². The molecule has 2 aromatic carbocycles. The summed E-state index contributed by atoms with van der Waals surface area (Å²) in [5, 5.41) is 2.91. The second-order valence-corrected chi connectivity index (χ2v) is 8.78. The van der Waals surface area contributed by atoms with Crippen molar-refractivity contribution in [3.63, 3.8) is 0 Å². The minimum atomic E-state index is -3.80. The van der Waals surface area contributed by atoms with Crippen LogP contribution in [-0.4, -0.2) is 20.4 Å². The molecule has 0 aliphatic rings. The fraction of sp³-hybridized carbons (Fsp3) is 0.381. The molecule has 0 aromatic heterocycles. The van der Waals surface area contributed by atoms with Crippen molar-refractivity contribution in [2.75, 3.05) is 4.72 Å².